The predicted molar refractivity (Wildman–Crippen MR) is 71.0 cm³/mol. The molecule has 94 valence electrons. The molecule has 1 aromatic rings. The Labute approximate surface area is 173 Å². The summed E-state index contributed by atoms with van der Waals surface area (Å²) < 4.78 is 11.3. The number of thioether (sulfide) groups is 1. The molecule has 1 aliphatic rings. The van der Waals surface area contributed by atoms with Gasteiger partial charge in [0.2, 0.25) is 0 Å². The molecule has 4 heteroatoms. The fourth-order valence-corrected chi connectivity index (χ4v) is 2.92. The molecule has 1 fully saturated rings. The molecule has 0 spiro atoms. The van der Waals surface area contributed by atoms with Gasteiger partial charge in [0.05, 0.1) is 11.5 Å². The van der Waals surface area contributed by atoms with E-state index >= 15 is 0 Å². The fourth-order valence-electron chi connectivity index (χ4n) is 1.76. The number of rotatable bonds is 4. The zero-order valence-corrected chi connectivity index (χ0v) is 18.6. The summed E-state index contributed by atoms with van der Waals surface area (Å²) in [5, 5.41) is 0. The summed E-state index contributed by atoms with van der Waals surface area (Å²) in [6, 6.07) is 8.21. The van der Waals surface area contributed by atoms with Crippen molar-refractivity contribution in [2.75, 3.05) is 0 Å². The molecule has 2 rings (SSSR count). The topological polar surface area (TPSA) is 18.5 Å². The van der Waals surface area contributed by atoms with Crippen molar-refractivity contribution in [2.24, 2.45) is 5.92 Å². The van der Waals surface area contributed by atoms with Crippen LogP contribution in [0.2, 0.25) is 0 Å². The van der Waals surface area contributed by atoms with E-state index in [0.29, 0.717) is 5.92 Å². The number of benzene rings is 1. The van der Waals surface area contributed by atoms with Crippen LogP contribution < -0.4 is 73.6 Å². The van der Waals surface area contributed by atoms with E-state index in [2.05, 4.69) is 19.1 Å². The van der Waals surface area contributed by atoms with Crippen molar-refractivity contribution in [2.45, 2.75) is 43.6 Å². The summed E-state index contributed by atoms with van der Waals surface area (Å²) >= 11 is 1.76. The van der Waals surface area contributed by atoms with Crippen LogP contribution in [-0.4, -0.2) is 11.5 Å². The molecule has 0 aliphatic carbocycles. The van der Waals surface area contributed by atoms with Crippen molar-refractivity contribution in [3.8, 4) is 5.75 Å². The Balaban J connectivity index is 0.00000162. The van der Waals surface area contributed by atoms with Gasteiger partial charge in [-0.25, -0.2) is 6.61 Å². The van der Waals surface area contributed by atoms with Crippen molar-refractivity contribution in [1.82, 2.24) is 0 Å². The quantitative estimate of drug-likeness (QED) is 0.725. The standard InChI is InChI=1S/C14H19O2S.Cs/c1-10(2)16-12-5-4-6-13(8-12)17-14-7-11(3)9-15-14;/h4-6,8-11,14H,7H2,1-3H3;/q-1;+1/t11-,14?;/m1./s1. The van der Waals surface area contributed by atoms with Gasteiger partial charge in [0.25, 0.3) is 0 Å². The number of hydrogen-bond acceptors (Lipinski definition) is 3. The monoisotopic (exact) mass is 384 g/mol. The summed E-state index contributed by atoms with van der Waals surface area (Å²) in [5.74, 6) is 1.49. The van der Waals surface area contributed by atoms with Gasteiger partial charge in [0.1, 0.15) is 5.75 Å². The Kier molecular flexibility index (Phi) is 8.35. The molecule has 1 aliphatic heterocycles. The van der Waals surface area contributed by atoms with Gasteiger partial charge in [-0.15, -0.1) is 5.92 Å². The van der Waals surface area contributed by atoms with E-state index in [1.54, 1.807) is 11.8 Å². The second-order valence-corrected chi connectivity index (χ2v) is 5.91. The van der Waals surface area contributed by atoms with Gasteiger partial charge in [-0.05, 0) is 38.5 Å². The molecule has 1 heterocycles. The van der Waals surface area contributed by atoms with Crippen LogP contribution in [0.4, 0.5) is 0 Å². The predicted octanol–water partition coefficient (Wildman–Crippen LogP) is 1.11. The first-order chi connectivity index (χ1) is 8.13. The summed E-state index contributed by atoms with van der Waals surface area (Å²) in [5.41, 5.74) is 0.249. The maximum absolute atomic E-state index is 5.68. The Morgan fingerprint density at radius 1 is 1.44 bits per heavy atom. The molecular weight excluding hydrogens is 365 g/mol. The second kappa shape index (κ2) is 8.62. The third-order valence-corrected chi connectivity index (χ3v) is 3.56. The van der Waals surface area contributed by atoms with E-state index in [-0.39, 0.29) is 80.4 Å². The van der Waals surface area contributed by atoms with E-state index in [9.17, 15) is 0 Å². The first kappa shape index (κ1) is 17.4. The molecule has 2 atom stereocenters. The maximum atomic E-state index is 5.68. The minimum absolute atomic E-state index is 0. The molecule has 0 bridgehead atoms. The first-order valence-corrected chi connectivity index (χ1v) is 6.93. The molecule has 2 nitrogen and oxygen atoms in total. The smallest absolute Gasteiger partial charge is 0.542 e. The third-order valence-electron chi connectivity index (χ3n) is 2.47. The average Bonchev–Trinajstić information content (AvgIpc) is 2.63. The maximum Gasteiger partial charge on any atom is 1.00 e. The molecule has 0 aromatic heterocycles. The van der Waals surface area contributed by atoms with Gasteiger partial charge < -0.3 is 9.47 Å². The van der Waals surface area contributed by atoms with E-state index in [1.165, 1.54) is 4.90 Å². The average molecular weight is 384 g/mol. The van der Waals surface area contributed by atoms with Crippen LogP contribution >= 0.6 is 11.8 Å². The molecular formula is C14H19CsO2S. The first-order valence-electron chi connectivity index (χ1n) is 6.05. The minimum Gasteiger partial charge on any atom is -0.542 e. The van der Waals surface area contributed by atoms with Crippen LogP contribution in [0.3, 0.4) is 0 Å². The molecule has 1 unspecified atom stereocenters. The summed E-state index contributed by atoms with van der Waals surface area (Å²) in [6.07, 6.45) is 1.30. The van der Waals surface area contributed by atoms with E-state index in [0.717, 1.165) is 12.2 Å². The zero-order valence-electron chi connectivity index (χ0n) is 11.6. The number of hydrogen-bond donors (Lipinski definition) is 0. The van der Waals surface area contributed by atoms with Crippen LogP contribution in [0.15, 0.2) is 29.2 Å². The van der Waals surface area contributed by atoms with Gasteiger partial charge in [-0.1, -0.05) is 24.8 Å². The Bertz CT molecular complexity index is 371. The van der Waals surface area contributed by atoms with Crippen molar-refractivity contribution >= 4 is 11.8 Å². The van der Waals surface area contributed by atoms with Gasteiger partial charge in [0.15, 0.2) is 0 Å². The zero-order chi connectivity index (χ0) is 12.3. The Hall–Kier alpha value is 1.38. The largest absolute Gasteiger partial charge is 1.00 e. The second-order valence-electron chi connectivity index (χ2n) is 4.67. The van der Waals surface area contributed by atoms with Crippen molar-refractivity contribution in [1.29, 1.82) is 0 Å². The number of ether oxygens (including phenoxy) is 2. The molecule has 18 heavy (non-hydrogen) atoms. The van der Waals surface area contributed by atoms with Gasteiger partial charge in [-0.3, -0.25) is 0 Å². The van der Waals surface area contributed by atoms with Crippen LogP contribution in [0.1, 0.15) is 27.2 Å². The van der Waals surface area contributed by atoms with Gasteiger partial charge in [0, 0.05) is 4.90 Å². The van der Waals surface area contributed by atoms with Crippen molar-refractivity contribution < 1.29 is 78.4 Å². The molecule has 0 N–H and O–H groups in total. The van der Waals surface area contributed by atoms with E-state index in [1.807, 2.05) is 32.6 Å². The SMILES string of the molecule is CC(C)Oc1cccc(SC2C[C@@H](C)[CH-]O2)c1.[Cs+]. The summed E-state index contributed by atoms with van der Waals surface area (Å²) in [7, 11) is 0. The Morgan fingerprint density at radius 2 is 2.22 bits per heavy atom. The van der Waals surface area contributed by atoms with Crippen molar-refractivity contribution in [3.05, 3.63) is 30.9 Å². The molecule has 0 saturated carbocycles. The van der Waals surface area contributed by atoms with Crippen LogP contribution in [0, 0.1) is 12.5 Å². The van der Waals surface area contributed by atoms with E-state index in [4.69, 9.17) is 9.47 Å². The van der Waals surface area contributed by atoms with Crippen molar-refractivity contribution in [3.63, 3.8) is 0 Å². The molecule has 1 aromatic carbocycles. The van der Waals surface area contributed by atoms with Crippen LogP contribution in [-0.2, 0) is 4.74 Å². The third kappa shape index (κ3) is 5.79. The Morgan fingerprint density at radius 3 is 2.83 bits per heavy atom. The minimum atomic E-state index is 0. The molecule has 0 amide bonds. The van der Waals surface area contributed by atoms with Crippen LogP contribution in [0.25, 0.3) is 0 Å². The normalized spacial score (nSPS) is 22.9. The molecule has 0 radical (unpaired) electrons. The summed E-state index contributed by atoms with van der Waals surface area (Å²) in [4.78, 5) is 1.20. The van der Waals surface area contributed by atoms with Gasteiger partial charge >= 0.3 is 68.9 Å². The van der Waals surface area contributed by atoms with Gasteiger partial charge in [-0.2, -0.15) is 0 Å². The summed E-state index contributed by atoms with van der Waals surface area (Å²) in [6.45, 7) is 8.19. The van der Waals surface area contributed by atoms with Crippen LogP contribution in [0.5, 0.6) is 5.75 Å². The molecule has 1 saturated heterocycles. The van der Waals surface area contributed by atoms with E-state index < -0.39 is 0 Å². The fraction of sp³-hybridized carbons (Fsp3) is 0.500.